The van der Waals surface area contributed by atoms with Gasteiger partial charge in [0.25, 0.3) is 9.05 Å². The Bertz CT molecular complexity index is 523. The van der Waals surface area contributed by atoms with Crippen molar-refractivity contribution < 1.29 is 12.8 Å². The zero-order chi connectivity index (χ0) is 12.0. The van der Waals surface area contributed by atoms with Crippen LogP contribution < -0.4 is 0 Å². The van der Waals surface area contributed by atoms with Gasteiger partial charge in [-0.15, -0.1) is 0 Å². The highest BCUT2D eigenvalue weighted by molar-refractivity contribution is 8.13. The van der Waals surface area contributed by atoms with Gasteiger partial charge < -0.3 is 0 Å². The van der Waals surface area contributed by atoms with E-state index in [1.165, 1.54) is 25.1 Å². The predicted octanol–water partition coefficient (Wildman–Crippen LogP) is 3.14. The van der Waals surface area contributed by atoms with Crippen molar-refractivity contribution in [3.05, 3.63) is 29.3 Å². The minimum atomic E-state index is -3.72. The van der Waals surface area contributed by atoms with E-state index in [0.29, 0.717) is 18.4 Å². The topological polar surface area (TPSA) is 34.1 Å². The van der Waals surface area contributed by atoms with E-state index in [1.54, 1.807) is 0 Å². The average Bonchev–Trinajstić information content (AvgIpc) is 2.15. The SMILES string of the molecule is CC1(F)CCCc2cc(S(=O)(=O)Cl)ccc21. The summed E-state index contributed by atoms with van der Waals surface area (Å²) in [6, 6.07) is 4.38. The zero-order valence-corrected chi connectivity index (χ0v) is 10.4. The van der Waals surface area contributed by atoms with Crippen LogP contribution in [0.15, 0.2) is 23.1 Å². The molecular formula is C11H12ClFO2S. The number of hydrogen-bond acceptors (Lipinski definition) is 2. The lowest BCUT2D eigenvalue weighted by molar-refractivity contribution is 0.162. The van der Waals surface area contributed by atoms with Crippen molar-refractivity contribution in [3.8, 4) is 0 Å². The summed E-state index contributed by atoms with van der Waals surface area (Å²) in [6.07, 6.45) is 1.91. The number of aryl methyl sites for hydroxylation is 1. The van der Waals surface area contributed by atoms with E-state index < -0.39 is 14.7 Å². The quantitative estimate of drug-likeness (QED) is 0.729. The summed E-state index contributed by atoms with van der Waals surface area (Å²) in [7, 11) is 1.53. The number of alkyl halides is 1. The molecule has 1 aliphatic carbocycles. The number of rotatable bonds is 1. The third-order valence-corrected chi connectivity index (χ3v) is 4.36. The molecule has 0 bridgehead atoms. The lowest BCUT2D eigenvalue weighted by atomic mass is 9.82. The summed E-state index contributed by atoms with van der Waals surface area (Å²) in [4.78, 5) is 0.0469. The Kier molecular flexibility index (Phi) is 2.75. The number of halogens is 2. The van der Waals surface area contributed by atoms with Gasteiger partial charge >= 0.3 is 0 Å². The van der Waals surface area contributed by atoms with Crippen LogP contribution in [-0.4, -0.2) is 8.42 Å². The van der Waals surface area contributed by atoms with Crippen LogP contribution in [0.5, 0.6) is 0 Å². The summed E-state index contributed by atoms with van der Waals surface area (Å²) >= 11 is 0. The lowest BCUT2D eigenvalue weighted by Gasteiger charge is -2.28. The molecule has 16 heavy (non-hydrogen) atoms. The summed E-state index contributed by atoms with van der Waals surface area (Å²) in [6.45, 7) is 1.53. The van der Waals surface area contributed by atoms with Crippen molar-refractivity contribution in [3.63, 3.8) is 0 Å². The Labute approximate surface area is 98.8 Å². The predicted molar refractivity (Wildman–Crippen MR) is 60.9 cm³/mol. The van der Waals surface area contributed by atoms with E-state index in [-0.39, 0.29) is 4.90 Å². The van der Waals surface area contributed by atoms with Crippen LogP contribution in [-0.2, 0) is 21.1 Å². The first-order valence-electron chi connectivity index (χ1n) is 5.08. The van der Waals surface area contributed by atoms with Crippen LogP contribution in [0.3, 0.4) is 0 Å². The first-order chi connectivity index (χ1) is 7.31. The van der Waals surface area contributed by atoms with E-state index in [9.17, 15) is 12.8 Å². The van der Waals surface area contributed by atoms with E-state index >= 15 is 0 Å². The Balaban J connectivity index is 2.56. The van der Waals surface area contributed by atoms with Crippen LogP contribution in [0.2, 0.25) is 0 Å². The van der Waals surface area contributed by atoms with Crippen molar-refractivity contribution in [1.82, 2.24) is 0 Å². The van der Waals surface area contributed by atoms with Crippen LogP contribution >= 0.6 is 10.7 Å². The van der Waals surface area contributed by atoms with Gasteiger partial charge in [0.2, 0.25) is 0 Å². The van der Waals surface area contributed by atoms with Crippen molar-refractivity contribution in [2.24, 2.45) is 0 Å². The van der Waals surface area contributed by atoms with Gasteiger partial charge in [-0.2, -0.15) is 0 Å². The van der Waals surface area contributed by atoms with E-state index in [0.717, 1.165) is 12.0 Å². The second kappa shape index (κ2) is 3.70. The molecule has 1 aromatic carbocycles. The van der Waals surface area contributed by atoms with Gasteiger partial charge in [-0.3, -0.25) is 0 Å². The molecule has 88 valence electrons. The molecule has 0 aromatic heterocycles. The van der Waals surface area contributed by atoms with Crippen LogP contribution in [0.1, 0.15) is 30.9 Å². The summed E-state index contributed by atoms with van der Waals surface area (Å²) in [5, 5.41) is 0. The molecule has 5 heteroatoms. The zero-order valence-electron chi connectivity index (χ0n) is 8.83. The van der Waals surface area contributed by atoms with E-state index in [2.05, 4.69) is 0 Å². The standard InChI is InChI=1S/C11H12ClFO2S/c1-11(13)6-2-3-8-7-9(16(12,14)15)4-5-10(8)11/h4-5,7H,2-3,6H2,1H3. The van der Waals surface area contributed by atoms with E-state index in [1.807, 2.05) is 0 Å². The number of hydrogen-bond donors (Lipinski definition) is 0. The molecule has 1 aliphatic rings. The highest BCUT2D eigenvalue weighted by Crippen LogP contribution is 2.39. The molecule has 0 spiro atoms. The van der Waals surface area contributed by atoms with Crippen LogP contribution in [0.4, 0.5) is 4.39 Å². The van der Waals surface area contributed by atoms with Crippen LogP contribution in [0.25, 0.3) is 0 Å². The Morgan fingerprint density at radius 2 is 2.12 bits per heavy atom. The first kappa shape index (κ1) is 11.9. The molecule has 0 amide bonds. The summed E-state index contributed by atoms with van der Waals surface area (Å²) < 4.78 is 36.4. The maximum Gasteiger partial charge on any atom is 0.261 e. The first-order valence-corrected chi connectivity index (χ1v) is 7.39. The molecule has 0 N–H and O–H groups in total. The molecule has 2 rings (SSSR count). The van der Waals surface area contributed by atoms with Crippen LogP contribution in [0, 0.1) is 0 Å². The monoisotopic (exact) mass is 262 g/mol. The molecule has 1 unspecified atom stereocenters. The van der Waals surface area contributed by atoms with Gasteiger partial charge in [-0.1, -0.05) is 6.07 Å². The van der Waals surface area contributed by atoms with Gasteiger partial charge in [0.15, 0.2) is 0 Å². The molecule has 0 aliphatic heterocycles. The largest absolute Gasteiger partial charge is 0.261 e. The fraction of sp³-hybridized carbons (Fsp3) is 0.455. The number of fused-ring (bicyclic) bond motifs is 1. The minimum Gasteiger partial charge on any atom is -0.239 e. The molecule has 0 saturated carbocycles. The average molecular weight is 263 g/mol. The fourth-order valence-corrected chi connectivity index (χ4v) is 2.98. The highest BCUT2D eigenvalue weighted by Gasteiger charge is 2.32. The lowest BCUT2D eigenvalue weighted by Crippen LogP contribution is -2.22. The maximum absolute atomic E-state index is 14.1. The van der Waals surface area contributed by atoms with Crippen molar-refractivity contribution in [1.29, 1.82) is 0 Å². The number of benzene rings is 1. The fourth-order valence-electron chi connectivity index (χ4n) is 2.18. The van der Waals surface area contributed by atoms with Crippen molar-refractivity contribution >= 4 is 19.7 Å². The van der Waals surface area contributed by atoms with Crippen molar-refractivity contribution in [2.75, 3.05) is 0 Å². The molecule has 0 fully saturated rings. The molecule has 0 heterocycles. The maximum atomic E-state index is 14.1. The molecule has 2 nitrogen and oxygen atoms in total. The van der Waals surface area contributed by atoms with Gasteiger partial charge in [-0.05, 0) is 49.4 Å². The summed E-state index contributed by atoms with van der Waals surface area (Å²) in [5.74, 6) is 0. The Hall–Kier alpha value is -0.610. The second-order valence-electron chi connectivity index (χ2n) is 4.31. The Morgan fingerprint density at radius 3 is 2.75 bits per heavy atom. The van der Waals surface area contributed by atoms with Gasteiger partial charge in [0.1, 0.15) is 5.67 Å². The van der Waals surface area contributed by atoms with Gasteiger partial charge in [0.05, 0.1) is 4.90 Å². The normalized spacial score (nSPS) is 25.2. The highest BCUT2D eigenvalue weighted by atomic mass is 35.7. The minimum absolute atomic E-state index is 0.0469. The smallest absolute Gasteiger partial charge is 0.239 e. The third-order valence-electron chi connectivity index (χ3n) is 3.01. The third kappa shape index (κ3) is 2.09. The summed E-state index contributed by atoms with van der Waals surface area (Å²) in [5.41, 5.74) is -0.0249. The van der Waals surface area contributed by atoms with E-state index in [4.69, 9.17) is 10.7 Å². The molecular weight excluding hydrogens is 251 g/mol. The van der Waals surface area contributed by atoms with Crippen molar-refractivity contribution in [2.45, 2.75) is 36.8 Å². The Morgan fingerprint density at radius 1 is 1.44 bits per heavy atom. The van der Waals surface area contributed by atoms with Gasteiger partial charge in [0, 0.05) is 10.7 Å². The molecule has 0 saturated heterocycles. The van der Waals surface area contributed by atoms with Gasteiger partial charge in [-0.25, -0.2) is 12.8 Å². The molecule has 1 aromatic rings. The molecule has 0 radical (unpaired) electrons. The molecule has 1 atom stereocenters. The second-order valence-corrected chi connectivity index (χ2v) is 6.87.